The van der Waals surface area contributed by atoms with E-state index in [4.69, 9.17) is 9.47 Å². The summed E-state index contributed by atoms with van der Waals surface area (Å²) < 4.78 is 24.6. The van der Waals surface area contributed by atoms with E-state index in [0.717, 1.165) is 6.08 Å². The molecule has 0 radical (unpaired) electrons. The molecule has 0 bridgehead atoms. The van der Waals surface area contributed by atoms with Gasteiger partial charge in [-0.25, -0.2) is 14.0 Å². The van der Waals surface area contributed by atoms with Crippen molar-refractivity contribution in [1.29, 1.82) is 0 Å². The molecule has 1 N–H and O–H groups in total. The van der Waals surface area contributed by atoms with Crippen LogP contribution in [-0.4, -0.2) is 66.0 Å². The summed E-state index contributed by atoms with van der Waals surface area (Å²) in [6.07, 6.45) is 1.59. The third kappa shape index (κ3) is 6.24. The number of nitrogens with zero attached hydrogens (tertiary/aromatic N) is 1. The molecule has 1 heterocycles. The van der Waals surface area contributed by atoms with Crippen LogP contribution in [0.3, 0.4) is 0 Å². The lowest BCUT2D eigenvalue weighted by atomic mass is 9.98. The molecular formula is C25H26FNO6S. The zero-order chi connectivity index (χ0) is 24.7. The van der Waals surface area contributed by atoms with Gasteiger partial charge in [0, 0.05) is 35.5 Å². The highest BCUT2D eigenvalue weighted by molar-refractivity contribution is 8.00. The lowest BCUT2D eigenvalue weighted by molar-refractivity contribution is -0.147. The van der Waals surface area contributed by atoms with Gasteiger partial charge in [0.2, 0.25) is 0 Å². The van der Waals surface area contributed by atoms with Gasteiger partial charge in [0.1, 0.15) is 17.6 Å². The Morgan fingerprint density at radius 1 is 1.21 bits per heavy atom. The first kappa shape index (κ1) is 25.5. The van der Waals surface area contributed by atoms with Crippen molar-refractivity contribution in [3.8, 4) is 5.75 Å². The smallest absolute Gasteiger partial charge is 0.328 e. The van der Waals surface area contributed by atoms with Crippen LogP contribution >= 0.6 is 11.8 Å². The number of thioether (sulfide) groups is 1. The Balaban J connectivity index is 1.77. The van der Waals surface area contributed by atoms with E-state index in [0.29, 0.717) is 29.9 Å². The number of carboxylic acid groups (broad SMARTS) is 1. The number of ether oxygens (including phenoxy) is 2. The number of hydrogen-bond acceptors (Lipinski definition) is 7. The quantitative estimate of drug-likeness (QED) is 0.325. The molecule has 1 aliphatic heterocycles. The molecule has 0 saturated carbocycles. The Morgan fingerprint density at radius 2 is 1.97 bits per heavy atom. The van der Waals surface area contributed by atoms with Gasteiger partial charge in [0.05, 0.1) is 20.0 Å². The van der Waals surface area contributed by atoms with Crippen LogP contribution in [0, 0.1) is 5.82 Å². The second kappa shape index (κ2) is 11.8. The Kier molecular flexibility index (Phi) is 8.84. The molecule has 0 amide bonds. The van der Waals surface area contributed by atoms with Crippen LogP contribution < -0.4 is 4.74 Å². The number of Topliss-reactive ketones (excluding diaryl/α,β-unsaturated/α-hetero) is 1. The van der Waals surface area contributed by atoms with E-state index in [2.05, 4.69) is 0 Å². The molecule has 9 heteroatoms. The van der Waals surface area contributed by atoms with E-state index >= 15 is 0 Å². The predicted octanol–water partition coefficient (Wildman–Crippen LogP) is 3.75. The number of halogens is 1. The molecule has 180 valence electrons. The van der Waals surface area contributed by atoms with Crippen LogP contribution in [0.1, 0.15) is 28.4 Å². The number of carboxylic acids is 1. The second-order valence-electron chi connectivity index (χ2n) is 7.72. The Hall–Kier alpha value is -3.17. The second-order valence-corrected chi connectivity index (χ2v) is 8.91. The maximum absolute atomic E-state index is 14.5. The highest BCUT2D eigenvalue weighted by Gasteiger charge is 2.36. The summed E-state index contributed by atoms with van der Waals surface area (Å²) in [5.74, 6) is -1.65. The van der Waals surface area contributed by atoms with Crippen molar-refractivity contribution in [2.75, 3.05) is 33.1 Å². The normalized spacial score (nSPS) is 18.3. The Bertz CT molecular complexity index is 1090. The van der Waals surface area contributed by atoms with E-state index in [1.54, 1.807) is 35.2 Å². The summed E-state index contributed by atoms with van der Waals surface area (Å²) in [5.41, 5.74) is 1.23. The van der Waals surface area contributed by atoms with Gasteiger partial charge in [0.15, 0.2) is 5.78 Å². The maximum atomic E-state index is 14.5. The minimum Gasteiger partial charge on any atom is -0.497 e. The van der Waals surface area contributed by atoms with Crippen LogP contribution in [0.15, 0.2) is 60.2 Å². The molecule has 2 aromatic rings. The molecule has 0 unspecified atom stereocenters. The van der Waals surface area contributed by atoms with E-state index < -0.39 is 23.8 Å². The fourth-order valence-electron chi connectivity index (χ4n) is 3.93. The monoisotopic (exact) mass is 487 g/mol. The van der Waals surface area contributed by atoms with Crippen molar-refractivity contribution in [2.24, 2.45) is 0 Å². The lowest BCUT2D eigenvalue weighted by Gasteiger charge is -2.37. The number of piperidine rings is 1. The molecule has 1 fully saturated rings. The lowest BCUT2D eigenvalue weighted by Crippen LogP contribution is -2.43. The molecule has 0 aromatic heterocycles. The molecule has 34 heavy (non-hydrogen) atoms. The van der Waals surface area contributed by atoms with Gasteiger partial charge in [0.25, 0.3) is 0 Å². The summed E-state index contributed by atoms with van der Waals surface area (Å²) >= 11 is 1.35. The van der Waals surface area contributed by atoms with Crippen molar-refractivity contribution >= 4 is 29.5 Å². The number of ketones is 1. The van der Waals surface area contributed by atoms with Gasteiger partial charge in [-0.15, -0.1) is 11.8 Å². The summed E-state index contributed by atoms with van der Waals surface area (Å²) in [6, 6.07) is 11.8. The standard InChI is InChI=1S/C25H26FNO6S/c1-32-18-7-5-6-16(12-18)21(28)15-34-22-10-11-27(14-17(22)13-23(29)30)24(25(31)33-2)19-8-3-4-9-20(19)26/h3-9,12-13,22,24H,10-11,14-15H2,1-2H3,(H,29,30)/b17-13-/t22-,24-/m0/s1. The van der Waals surface area contributed by atoms with Gasteiger partial charge < -0.3 is 14.6 Å². The average molecular weight is 488 g/mol. The van der Waals surface area contributed by atoms with E-state index in [1.807, 2.05) is 0 Å². The highest BCUT2D eigenvalue weighted by Crippen LogP contribution is 2.34. The number of methoxy groups -OCH3 is 2. The molecule has 7 nitrogen and oxygen atoms in total. The minimum absolute atomic E-state index is 0.0974. The van der Waals surface area contributed by atoms with Crippen LogP contribution in [0.5, 0.6) is 5.75 Å². The third-order valence-corrected chi connectivity index (χ3v) is 6.95. The van der Waals surface area contributed by atoms with E-state index in [1.165, 1.54) is 44.2 Å². The first-order valence-electron chi connectivity index (χ1n) is 10.6. The zero-order valence-electron chi connectivity index (χ0n) is 18.9. The van der Waals surface area contributed by atoms with Crippen LogP contribution in [-0.2, 0) is 14.3 Å². The number of likely N-dealkylation sites (tertiary alicyclic amines) is 1. The van der Waals surface area contributed by atoms with Crippen LogP contribution in [0.2, 0.25) is 0 Å². The minimum atomic E-state index is -1.12. The van der Waals surface area contributed by atoms with E-state index in [9.17, 15) is 23.9 Å². The maximum Gasteiger partial charge on any atom is 0.328 e. The molecule has 3 rings (SSSR count). The molecule has 1 saturated heterocycles. The van der Waals surface area contributed by atoms with Gasteiger partial charge in [-0.05, 0) is 30.2 Å². The van der Waals surface area contributed by atoms with Crippen LogP contribution in [0.4, 0.5) is 4.39 Å². The number of hydrogen-bond donors (Lipinski definition) is 1. The van der Waals surface area contributed by atoms with Crippen molar-refractivity contribution in [3.63, 3.8) is 0 Å². The van der Waals surface area contributed by atoms with E-state index in [-0.39, 0.29) is 28.9 Å². The van der Waals surface area contributed by atoms with Gasteiger partial charge in [-0.2, -0.15) is 0 Å². The third-order valence-electron chi connectivity index (χ3n) is 5.58. The van der Waals surface area contributed by atoms with Gasteiger partial charge >= 0.3 is 11.9 Å². The number of aliphatic carboxylic acids is 1. The molecule has 2 aromatic carbocycles. The number of carbonyl (C=O) groups excluding carboxylic acids is 2. The van der Waals surface area contributed by atoms with Crippen molar-refractivity contribution in [3.05, 3.63) is 77.1 Å². The van der Waals surface area contributed by atoms with Crippen molar-refractivity contribution in [1.82, 2.24) is 4.90 Å². The summed E-state index contributed by atoms with van der Waals surface area (Å²) in [4.78, 5) is 38.5. The molecule has 1 aliphatic rings. The fourth-order valence-corrected chi connectivity index (χ4v) is 5.08. The van der Waals surface area contributed by atoms with Gasteiger partial charge in [-0.3, -0.25) is 9.69 Å². The number of esters is 1. The fraction of sp³-hybridized carbons (Fsp3) is 0.320. The largest absolute Gasteiger partial charge is 0.497 e. The van der Waals surface area contributed by atoms with Crippen LogP contribution in [0.25, 0.3) is 0 Å². The van der Waals surface area contributed by atoms with Gasteiger partial charge in [-0.1, -0.05) is 30.3 Å². The summed E-state index contributed by atoms with van der Waals surface area (Å²) in [6.45, 7) is 0.529. The summed E-state index contributed by atoms with van der Waals surface area (Å²) in [7, 11) is 2.76. The first-order valence-corrected chi connectivity index (χ1v) is 11.7. The number of rotatable bonds is 9. The SMILES string of the molecule is COC(=O)[C@H](c1ccccc1F)N1CC[C@H](SCC(=O)c2cccc(OC)c2)/C(=C\C(=O)O)C1. The number of carbonyl (C=O) groups is 3. The zero-order valence-corrected chi connectivity index (χ0v) is 19.7. The Labute approximate surface area is 201 Å². The van der Waals surface area contributed by atoms with Crippen molar-refractivity contribution in [2.45, 2.75) is 17.7 Å². The highest BCUT2D eigenvalue weighted by atomic mass is 32.2. The number of benzene rings is 2. The molecule has 0 spiro atoms. The summed E-state index contributed by atoms with van der Waals surface area (Å²) in [5, 5.41) is 9.17. The topological polar surface area (TPSA) is 93.1 Å². The molecule has 0 aliphatic carbocycles. The van der Waals surface area contributed by atoms with Crippen molar-refractivity contribution < 1.29 is 33.4 Å². The average Bonchev–Trinajstić information content (AvgIpc) is 2.84. The molecule has 2 atom stereocenters. The Morgan fingerprint density at radius 3 is 2.65 bits per heavy atom. The first-order chi connectivity index (χ1) is 16.3. The molecular weight excluding hydrogens is 461 g/mol. The predicted molar refractivity (Wildman–Crippen MR) is 127 cm³/mol.